The van der Waals surface area contributed by atoms with Crippen LogP contribution in [-0.4, -0.2) is 56.5 Å². The summed E-state index contributed by atoms with van der Waals surface area (Å²) in [7, 11) is -2.00. The second-order valence-corrected chi connectivity index (χ2v) is 9.71. The Morgan fingerprint density at radius 1 is 1.24 bits per heavy atom. The van der Waals surface area contributed by atoms with Gasteiger partial charge in [0, 0.05) is 44.0 Å². The largest absolute Gasteiger partial charge is 0.455 e. The highest BCUT2D eigenvalue weighted by molar-refractivity contribution is 7.89. The second-order valence-electron chi connectivity index (χ2n) is 7.83. The highest BCUT2D eigenvalue weighted by atomic mass is 32.2. The third kappa shape index (κ3) is 4.82. The van der Waals surface area contributed by atoms with Crippen molar-refractivity contribution in [1.29, 1.82) is 0 Å². The summed E-state index contributed by atoms with van der Waals surface area (Å²) in [5.74, 6) is -0.110. The van der Waals surface area contributed by atoms with Crippen LogP contribution < -0.4 is 0 Å². The smallest absolute Gasteiger partial charge is 0.309 e. The first-order chi connectivity index (χ1) is 16.1. The van der Waals surface area contributed by atoms with Crippen molar-refractivity contribution >= 4 is 21.7 Å². The van der Waals surface area contributed by atoms with E-state index >= 15 is 0 Å². The number of aryl methyl sites for hydroxylation is 2. The Morgan fingerprint density at radius 3 is 2.50 bits per heavy atom. The Morgan fingerprint density at radius 2 is 1.91 bits per heavy atom. The first kappa shape index (κ1) is 23.5. The van der Waals surface area contributed by atoms with Crippen molar-refractivity contribution in [2.75, 3.05) is 13.1 Å². The lowest BCUT2D eigenvalue weighted by molar-refractivity contribution is -0.384. The maximum Gasteiger partial charge on any atom is 0.309 e. The first-order valence-electron chi connectivity index (χ1n) is 10.4. The Hall–Kier alpha value is -3.65. The number of hydrogen-bond acceptors (Lipinski definition) is 10. The fourth-order valence-corrected chi connectivity index (χ4v) is 5.01. The minimum absolute atomic E-state index is 0.00579. The lowest BCUT2D eigenvalue weighted by Gasteiger charge is -2.29. The molecular weight excluding hydrogens is 468 g/mol. The van der Waals surface area contributed by atoms with Crippen LogP contribution in [-0.2, 0) is 33.2 Å². The van der Waals surface area contributed by atoms with Gasteiger partial charge in [-0.15, -0.1) is 10.2 Å². The zero-order valence-electron chi connectivity index (χ0n) is 18.4. The molecule has 1 aliphatic heterocycles. The van der Waals surface area contributed by atoms with Crippen LogP contribution in [0, 0.1) is 23.0 Å². The van der Waals surface area contributed by atoms with Gasteiger partial charge < -0.3 is 13.7 Å². The van der Waals surface area contributed by atoms with E-state index in [2.05, 4.69) is 15.2 Å². The summed E-state index contributed by atoms with van der Waals surface area (Å²) >= 11 is 0. The first-order valence-corrected chi connectivity index (χ1v) is 11.8. The fraction of sp³-hybridized carbons (Fsp3) is 0.400. The summed E-state index contributed by atoms with van der Waals surface area (Å²) in [6, 6.07) is 5.60. The molecule has 4 rings (SSSR count). The van der Waals surface area contributed by atoms with Gasteiger partial charge in [-0.2, -0.15) is 4.31 Å². The number of benzene rings is 1. The topological polar surface area (TPSA) is 164 Å². The summed E-state index contributed by atoms with van der Waals surface area (Å²) in [5, 5.41) is 18.4. The van der Waals surface area contributed by atoms with Crippen molar-refractivity contribution in [3.63, 3.8) is 0 Å². The molecule has 1 saturated heterocycles. The molecular formula is C20H22N6O7S. The van der Waals surface area contributed by atoms with Gasteiger partial charge in [-0.05, 0) is 31.9 Å². The van der Waals surface area contributed by atoms with Crippen LogP contribution >= 0.6 is 0 Å². The van der Waals surface area contributed by atoms with Crippen LogP contribution in [0.3, 0.4) is 0 Å². The number of esters is 1. The van der Waals surface area contributed by atoms with Gasteiger partial charge >= 0.3 is 5.97 Å². The standard InChI is InChI=1S/C20H22N6O7S/c1-13-21-18(11-24(13)2)34(30,31)25-9-7-15(8-10-25)20(27)32-12-17-22-23-19(33-17)14-3-5-16(6-4-14)26(28)29/h3-6,11,15H,7-10,12H2,1-2H3. The molecule has 0 radical (unpaired) electrons. The van der Waals surface area contributed by atoms with Crippen molar-refractivity contribution in [3.8, 4) is 11.5 Å². The van der Waals surface area contributed by atoms with Crippen molar-refractivity contribution < 1.29 is 27.3 Å². The molecule has 3 aromatic rings. The summed E-state index contributed by atoms with van der Waals surface area (Å²) in [5.41, 5.74) is 0.429. The maximum absolute atomic E-state index is 12.8. The number of ether oxygens (including phenoxy) is 1. The molecule has 180 valence electrons. The van der Waals surface area contributed by atoms with E-state index in [-0.39, 0.29) is 42.2 Å². The minimum atomic E-state index is -3.72. The SMILES string of the molecule is Cc1nc(S(=O)(=O)N2CCC(C(=O)OCc3nnc(-c4ccc([N+](=O)[O-])cc4)o3)CC2)cn1C. The zero-order chi connectivity index (χ0) is 24.5. The number of imidazole rings is 1. The molecule has 1 aromatic carbocycles. The van der Waals surface area contributed by atoms with Crippen molar-refractivity contribution in [1.82, 2.24) is 24.1 Å². The molecule has 0 spiro atoms. The molecule has 1 aliphatic rings. The van der Waals surface area contributed by atoms with Crippen molar-refractivity contribution in [2.24, 2.45) is 13.0 Å². The quantitative estimate of drug-likeness (QED) is 0.271. The molecule has 0 atom stereocenters. The van der Waals surface area contributed by atoms with Crippen LogP contribution in [0.1, 0.15) is 24.6 Å². The van der Waals surface area contributed by atoms with E-state index in [4.69, 9.17) is 9.15 Å². The van der Waals surface area contributed by atoms with Crippen LogP contribution in [0.25, 0.3) is 11.5 Å². The molecule has 14 heteroatoms. The molecule has 0 unspecified atom stereocenters. The molecule has 3 heterocycles. The van der Waals surface area contributed by atoms with E-state index in [1.54, 1.807) is 18.5 Å². The average Bonchev–Trinajstić information content (AvgIpc) is 3.44. The number of non-ortho nitro benzene ring substituents is 1. The number of hydrogen-bond donors (Lipinski definition) is 0. The van der Waals surface area contributed by atoms with E-state index in [0.717, 1.165) is 0 Å². The van der Waals surface area contributed by atoms with Crippen molar-refractivity contribution in [2.45, 2.75) is 31.4 Å². The van der Waals surface area contributed by atoms with Gasteiger partial charge in [0.2, 0.25) is 5.89 Å². The number of piperidine rings is 1. The molecule has 0 saturated carbocycles. The Kier molecular flexibility index (Phi) is 6.43. The van der Waals surface area contributed by atoms with Gasteiger partial charge in [-0.1, -0.05) is 0 Å². The molecule has 34 heavy (non-hydrogen) atoms. The Labute approximate surface area is 194 Å². The average molecular weight is 490 g/mol. The summed E-state index contributed by atoms with van der Waals surface area (Å²) in [6.07, 6.45) is 2.11. The van der Waals surface area contributed by atoms with E-state index in [0.29, 0.717) is 24.2 Å². The molecule has 0 amide bonds. The summed E-state index contributed by atoms with van der Waals surface area (Å²) < 4.78 is 39.3. The van der Waals surface area contributed by atoms with E-state index in [1.165, 1.54) is 34.8 Å². The summed E-state index contributed by atoms with van der Waals surface area (Å²) in [6.45, 7) is 1.86. The number of carbonyl (C=O) groups is 1. The molecule has 0 N–H and O–H groups in total. The number of nitrogens with zero attached hydrogens (tertiary/aromatic N) is 6. The van der Waals surface area contributed by atoms with E-state index in [1.807, 2.05) is 0 Å². The normalized spacial score (nSPS) is 15.4. The number of nitro benzene ring substituents is 1. The Balaban J connectivity index is 1.30. The predicted octanol–water partition coefficient (Wildman–Crippen LogP) is 1.83. The van der Waals surface area contributed by atoms with Crippen LogP contribution in [0.4, 0.5) is 5.69 Å². The third-order valence-electron chi connectivity index (χ3n) is 5.61. The van der Waals surface area contributed by atoms with Gasteiger partial charge in [-0.3, -0.25) is 14.9 Å². The number of nitro groups is 1. The number of carbonyl (C=O) groups excluding carboxylic acids is 1. The minimum Gasteiger partial charge on any atom is -0.455 e. The molecule has 0 bridgehead atoms. The summed E-state index contributed by atoms with van der Waals surface area (Å²) in [4.78, 5) is 26.8. The maximum atomic E-state index is 12.8. The van der Waals surface area contributed by atoms with Crippen LogP contribution in [0.2, 0.25) is 0 Å². The lowest BCUT2D eigenvalue weighted by atomic mass is 9.98. The van der Waals surface area contributed by atoms with Gasteiger partial charge in [0.15, 0.2) is 11.6 Å². The molecule has 0 aliphatic carbocycles. The second kappa shape index (κ2) is 9.30. The van der Waals surface area contributed by atoms with E-state index < -0.39 is 26.8 Å². The highest BCUT2D eigenvalue weighted by Crippen LogP contribution is 2.25. The monoisotopic (exact) mass is 490 g/mol. The predicted molar refractivity (Wildman–Crippen MR) is 116 cm³/mol. The third-order valence-corrected chi connectivity index (χ3v) is 7.38. The van der Waals surface area contributed by atoms with Gasteiger partial charge in [0.25, 0.3) is 21.6 Å². The molecule has 1 fully saturated rings. The molecule has 13 nitrogen and oxygen atoms in total. The van der Waals surface area contributed by atoms with Gasteiger partial charge in [0.1, 0.15) is 5.82 Å². The van der Waals surface area contributed by atoms with Crippen LogP contribution in [0.5, 0.6) is 0 Å². The van der Waals surface area contributed by atoms with E-state index in [9.17, 15) is 23.3 Å². The zero-order valence-corrected chi connectivity index (χ0v) is 19.3. The number of sulfonamides is 1. The number of aromatic nitrogens is 4. The fourth-order valence-electron chi connectivity index (χ4n) is 3.52. The highest BCUT2D eigenvalue weighted by Gasteiger charge is 2.34. The van der Waals surface area contributed by atoms with Crippen LogP contribution in [0.15, 0.2) is 39.9 Å². The van der Waals surface area contributed by atoms with Gasteiger partial charge in [0.05, 0.1) is 10.8 Å². The molecule has 2 aromatic heterocycles. The number of rotatable bonds is 7. The Bertz CT molecular complexity index is 1290. The van der Waals surface area contributed by atoms with Gasteiger partial charge in [-0.25, -0.2) is 13.4 Å². The lowest BCUT2D eigenvalue weighted by Crippen LogP contribution is -2.40. The van der Waals surface area contributed by atoms with Crippen molar-refractivity contribution in [3.05, 3.63) is 52.3 Å².